The van der Waals surface area contributed by atoms with Crippen LogP contribution in [0.2, 0.25) is 0 Å². The minimum atomic E-state index is 0.156. The Bertz CT molecular complexity index is 506. The van der Waals surface area contributed by atoms with Crippen LogP contribution in [0.4, 0.5) is 5.69 Å². The number of methoxy groups -OCH3 is 1. The van der Waals surface area contributed by atoms with Crippen LogP contribution in [0.5, 0.6) is 11.5 Å². The van der Waals surface area contributed by atoms with Gasteiger partial charge in [0.25, 0.3) is 0 Å². The number of hydrogen-bond donors (Lipinski definition) is 2. The molecule has 0 fully saturated rings. The van der Waals surface area contributed by atoms with Gasteiger partial charge in [0.1, 0.15) is 0 Å². The largest absolute Gasteiger partial charge is 0.504 e. The van der Waals surface area contributed by atoms with Gasteiger partial charge < -0.3 is 15.2 Å². The number of phenolic OH excluding ortho intramolecular Hbond substituents is 1. The first kappa shape index (κ1) is 11.3. The van der Waals surface area contributed by atoms with E-state index in [0.29, 0.717) is 5.75 Å². The lowest BCUT2D eigenvalue weighted by atomic mass is 10.0. The predicted octanol–water partition coefficient (Wildman–Crippen LogP) is 3.11. The summed E-state index contributed by atoms with van der Waals surface area (Å²) in [6, 6.07) is 13.4. The summed E-state index contributed by atoms with van der Waals surface area (Å²) in [5.74, 6) is 0.642. The molecule has 0 spiro atoms. The van der Waals surface area contributed by atoms with Gasteiger partial charge in [-0.3, -0.25) is 0 Å². The van der Waals surface area contributed by atoms with Crippen LogP contribution in [-0.2, 0) is 0 Å². The van der Waals surface area contributed by atoms with Crippen LogP contribution in [0.25, 0.3) is 11.1 Å². The number of phenols is 1. The summed E-state index contributed by atoms with van der Waals surface area (Å²) in [5, 5.41) is 12.6. The van der Waals surface area contributed by atoms with E-state index in [1.165, 1.54) is 0 Å². The Morgan fingerprint density at radius 1 is 1.00 bits per heavy atom. The molecular formula is C14H15NO2. The van der Waals surface area contributed by atoms with E-state index in [1.807, 2.05) is 43.4 Å². The maximum atomic E-state index is 9.53. The van der Waals surface area contributed by atoms with Crippen molar-refractivity contribution in [1.82, 2.24) is 0 Å². The molecule has 17 heavy (non-hydrogen) atoms. The van der Waals surface area contributed by atoms with Crippen molar-refractivity contribution in [2.24, 2.45) is 0 Å². The van der Waals surface area contributed by atoms with E-state index in [-0.39, 0.29) is 5.75 Å². The minimum absolute atomic E-state index is 0.156. The lowest BCUT2D eigenvalue weighted by molar-refractivity contribution is 0.373. The van der Waals surface area contributed by atoms with E-state index in [4.69, 9.17) is 4.74 Å². The maximum Gasteiger partial charge on any atom is 0.161 e. The lowest BCUT2D eigenvalue weighted by Gasteiger charge is -2.07. The summed E-state index contributed by atoms with van der Waals surface area (Å²) in [6.07, 6.45) is 0. The van der Waals surface area contributed by atoms with E-state index < -0.39 is 0 Å². The molecule has 2 N–H and O–H groups in total. The summed E-state index contributed by atoms with van der Waals surface area (Å²) < 4.78 is 5.09. The smallest absolute Gasteiger partial charge is 0.161 e. The average molecular weight is 229 g/mol. The van der Waals surface area contributed by atoms with Crippen molar-refractivity contribution in [3.8, 4) is 22.6 Å². The average Bonchev–Trinajstić information content (AvgIpc) is 2.39. The van der Waals surface area contributed by atoms with E-state index >= 15 is 0 Å². The Balaban J connectivity index is 2.38. The highest BCUT2D eigenvalue weighted by Gasteiger charge is 2.04. The van der Waals surface area contributed by atoms with Crippen molar-refractivity contribution in [3.05, 3.63) is 42.5 Å². The number of rotatable bonds is 3. The molecule has 2 aromatic carbocycles. The summed E-state index contributed by atoms with van der Waals surface area (Å²) in [4.78, 5) is 0. The molecular weight excluding hydrogens is 214 g/mol. The van der Waals surface area contributed by atoms with Gasteiger partial charge in [-0.1, -0.05) is 18.2 Å². The van der Waals surface area contributed by atoms with Gasteiger partial charge in [0, 0.05) is 12.7 Å². The predicted molar refractivity (Wildman–Crippen MR) is 69.6 cm³/mol. The Labute approximate surface area is 101 Å². The van der Waals surface area contributed by atoms with Crippen molar-refractivity contribution in [2.45, 2.75) is 0 Å². The van der Waals surface area contributed by atoms with E-state index in [9.17, 15) is 5.11 Å². The molecule has 3 heteroatoms. The summed E-state index contributed by atoms with van der Waals surface area (Å²) in [7, 11) is 3.43. The van der Waals surface area contributed by atoms with E-state index in [1.54, 1.807) is 13.2 Å². The minimum Gasteiger partial charge on any atom is -0.504 e. The molecule has 0 aliphatic heterocycles. The normalized spacial score (nSPS) is 10.0. The lowest BCUT2D eigenvalue weighted by Crippen LogP contribution is -1.88. The second-order valence-electron chi connectivity index (χ2n) is 3.71. The Kier molecular flexibility index (Phi) is 3.19. The standard InChI is InChI=1S/C14H15NO2/c1-15-12-6-3-10(4-7-12)11-5-8-13(16)14(9-11)17-2/h3-9,15-16H,1-2H3. The molecule has 0 saturated carbocycles. The SMILES string of the molecule is CNc1ccc(-c2ccc(O)c(OC)c2)cc1. The van der Waals surface area contributed by atoms with Crippen LogP contribution in [0.3, 0.4) is 0 Å². The monoisotopic (exact) mass is 229 g/mol. The molecule has 0 aromatic heterocycles. The Morgan fingerprint density at radius 2 is 1.65 bits per heavy atom. The number of benzene rings is 2. The number of nitrogens with one attached hydrogen (secondary N) is 1. The van der Waals surface area contributed by atoms with Crippen LogP contribution in [0, 0.1) is 0 Å². The highest BCUT2D eigenvalue weighted by Crippen LogP contribution is 2.31. The molecule has 0 atom stereocenters. The summed E-state index contributed by atoms with van der Waals surface area (Å²) in [6.45, 7) is 0. The summed E-state index contributed by atoms with van der Waals surface area (Å²) >= 11 is 0. The molecule has 2 rings (SSSR count). The molecule has 0 bridgehead atoms. The van der Waals surface area contributed by atoms with Gasteiger partial charge in [0.2, 0.25) is 0 Å². The third kappa shape index (κ3) is 2.33. The molecule has 3 nitrogen and oxygen atoms in total. The van der Waals surface area contributed by atoms with E-state index in [0.717, 1.165) is 16.8 Å². The summed E-state index contributed by atoms with van der Waals surface area (Å²) in [5.41, 5.74) is 3.17. The third-order valence-electron chi connectivity index (χ3n) is 2.69. The van der Waals surface area contributed by atoms with Gasteiger partial charge in [-0.05, 0) is 35.4 Å². The second-order valence-corrected chi connectivity index (χ2v) is 3.71. The van der Waals surface area contributed by atoms with Crippen LogP contribution in [-0.4, -0.2) is 19.3 Å². The molecule has 0 amide bonds. The number of ether oxygens (including phenoxy) is 1. The zero-order chi connectivity index (χ0) is 12.3. The zero-order valence-electron chi connectivity index (χ0n) is 9.90. The highest BCUT2D eigenvalue weighted by atomic mass is 16.5. The van der Waals surface area contributed by atoms with Crippen LogP contribution in [0.1, 0.15) is 0 Å². The fraction of sp³-hybridized carbons (Fsp3) is 0.143. The van der Waals surface area contributed by atoms with Gasteiger partial charge in [-0.2, -0.15) is 0 Å². The van der Waals surface area contributed by atoms with Crippen molar-refractivity contribution in [3.63, 3.8) is 0 Å². The van der Waals surface area contributed by atoms with Crippen molar-refractivity contribution in [2.75, 3.05) is 19.5 Å². The topological polar surface area (TPSA) is 41.5 Å². The van der Waals surface area contributed by atoms with Crippen molar-refractivity contribution >= 4 is 5.69 Å². The third-order valence-corrected chi connectivity index (χ3v) is 2.69. The fourth-order valence-corrected chi connectivity index (χ4v) is 1.69. The van der Waals surface area contributed by atoms with E-state index in [2.05, 4.69) is 5.32 Å². The number of aromatic hydroxyl groups is 1. The Hall–Kier alpha value is -2.16. The molecule has 2 aromatic rings. The van der Waals surface area contributed by atoms with Crippen molar-refractivity contribution < 1.29 is 9.84 Å². The van der Waals surface area contributed by atoms with Gasteiger partial charge in [0.15, 0.2) is 11.5 Å². The molecule has 0 aliphatic rings. The van der Waals surface area contributed by atoms with Gasteiger partial charge >= 0.3 is 0 Å². The van der Waals surface area contributed by atoms with Crippen molar-refractivity contribution in [1.29, 1.82) is 0 Å². The second kappa shape index (κ2) is 4.78. The number of anilines is 1. The first-order chi connectivity index (χ1) is 8.24. The molecule has 0 radical (unpaired) electrons. The molecule has 0 saturated heterocycles. The molecule has 0 heterocycles. The van der Waals surface area contributed by atoms with Crippen LogP contribution < -0.4 is 10.1 Å². The molecule has 0 aliphatic carbocycles. The first-order valence-electron chi connectivity index (χ1n) is 5.40. The highest BCUT2D eigenvalue weighted by molar-refractivity contribution is 5.68. The van der Waals surface area contributed by atoms with Gasteiger partial charge in [0.05, 0.1) is 7.11 Å². The number of hydrogen-bond acceptors (Lipinski definition) is 3. The maximum absolute atomic E-state index is 9.53. The molecule has 0 unspecified atom stereocenters. The molecule has 88 valence electrons. The van der Waals surface area contributed by atoms with Gasteiger partial charge in [-0.15, -0.1) is 0 Å². The quantitative estimate of drug-likeness (QED) is 0.849. The fourth-order valence-electron chi connectivity index (χ4n) is 1.69. The van der Waals surface area contributed by atoms with Crippen LogP contribution in [0.15, 0.2) is 42.5 Å². The first-order valence-corrected chi connectivity index (χ1v) is 5.40. The van der Waals surface area contributed by atoms with Gasteiger partial charge in [-0.25, -0.2) is 0 Å². The zero-order valence-corrected chi connectivity index (χ0v) is 9.90. The van der Waals surface area contributed by atoms with Crippen LogP contribution >= 0.6 is 0 Å². The Morgan fingerprint density at radius 3 is 2.24 bits per heavy atom.